The Labute approximate surface area is 195 Å². The molecule has 2 aromatic rings. The Hall–Kier alpha value is -2.88. The number of hydrogen-bond acceptors (Lipinski definition) is 6. The van der Waals surface area contributed by atoms with Crippen LogP contribution in [-0.2, 0) is 21.4 Å². The minimum absolute atomic E-state index is 0.00633. The summed E-state index contributed by atoms with van der Waals surface area (Å²) in [5.41, 5.74) is 3.36. The molecule has 33 heavy (non-hydrogen) atoms. The highest BCUT2D eigenvalue weighted by Gasteiger charge is 2.27. The number of hydrogen-bond donors (Lipinski definition) is 2. The van der Waals surface area contributed by atoms with Crippen molar-refractivity contribution < 1.29 is 23.2 Å². The standard InChI is InChI=1S/C24H31N3O5S/c1-2-3-17-32-22-11-13-23(14-12-22)33(30,31)27(19-24(28)25-29)18-20-7-9-21(10-8-20)26-15-5-4-6-16-26/h2,7-14,29H,1,3-6,15-19H2,(H,25,28). The molecular weight excluding hydrogens is 442 g/mol. The van der Waals surface area contributed by atoms with Gasteiger partial charge in [0.05, 0.1) is 18.0 Å². The quantitative estimate of drug-likeness (QED) is 0.225. The van der Waals surface area contributed by atoms with Crippen molar-refractivity contribution in [1.82, 2.24) is 9.79 Å². The third kappa shape index (κ3) is 6.80. The van der Waals surface area contributed by atoms with E-state index in [0.29, 0.717) is 18.8 Å². The second-order valence-corrected chi connectivity index (χ2v) is 9.86. The molecule has 0 aromatic heterocycles. The molecule has 3 rings (SSSR count). The summed E-state index contributed by atoms with van der Waals surface area (Å²) >= 11 is 0. The van der Waals surface area contributed by atoms with E-state index >= 15 is 0 Å². The van der Waals surface area contributed by atoms with Crippen molar-refractivity contribution >= 4 is 21.6 Å². The number of carbonyl (C=O) groups is 1. The highest BCUT2D eigenvalue weighted by Crippen LogP contribution is 2.24. The van der Waals surface area contributed by atoms with Crippen molar-refractivity contribution in [3.05, 3.63) is 66.7 Å². The SMILES string of the molecule is C=CCCOc1ccc(S(=O)(=O)N(CC(=O)NO)Cc2ccc(N3CCCCC3)cc2)cc1. The molecule has 2 aromatic carbocycles. The van der Waals surface area contributed by atoms with Crippen molar-refractivity contribution in [2.45, 2.75) is 37.1 Å². The number of nitrogens with zero attached hydrogens (tertiary/aromatic N) is 2. The van der Waals surface area contributed by atoms with Crippen LogP contribution in [0.2, 0.25) is 0 Å². The summed E-state index contributed by atoms with van der Waals surface area (Å²) in [6, 6.07) is 13.8. The van der Waals surface area contributed by atoms with Crippen molar-refractivity contribution in [2.75, 3.05) is 31.1 Å². The van der Waals surface area contributed by atoms with Gasteiger partial charge in [-0.1, -0.05) is 18.2 Å². The van der Waals surface area contributed by atoms with Gasteiger partial charge in [0.15, 0.2) is 0 Å². The minimum Gasteiger partial charge on any atom is -0.493 e. The van der Waals surface area contributed by atoms with E-state index in [-0.39, 0.29) is 11.4 Å². The van der Waals surface area contributed by atoms with Crippen LogP contribution in [-0.4, -0.2) is 50.1 Å². The molecule has 9 heteroatoms. The first-order valence-corrected chi connectivity index (χ1v) is 12.5. The summed E-state index contributed by atoms with van der Waals surface area (Å²) in [6.07, 6.45) is 6.00. The molecule has 0 bridgehead atoms. The Kier molecular flexibility index (Phi) is 8.87. The Balaban J connectivity index is 1.76. The molecular formula is C24H31N3O5S. The number of rotatable bonds is 11. The number of sulfonamides is 1. The molecule has 2 N–H and O–H groups in total. The smallest absolute Gasteiger partial charge is 0.258 e. The van der Waals surface area contributed by atoms with E-state index in [0.717, 1.165) is 28.6 Å². The van der Waals surface area contributed by atoms with Crippen LogP contribution in [0.25, 0.3) is 0 Å². The number of anilines is 1. The summed E-state index contributed by atoms with van der Waals surface area (Å²) in [5, 5.41) is 8.96. The van der Waals surface area contributed by atoms with E-state index in [2.05, 4.69) is 11.5 Å². The number of amides is 1. The molecule has 0 saturated carbocycles. The lowest BCUT2D eigenvalue weighted by Gasteiger charge is -2.29. The van der Waals surface area contributed by atoms with Crippen LogP contribution in [0.3, 0.4) is 0 Å². The molecule has 0 aliphatic carbocycles. The molecule has 1 fully saturated rings. The number of nitrogens with one attached hydrogen (secondary N) is 1. The zero-order valence-electron chi connectivity index (χ0n) is 18.7. The maximum atomic E-state index is 13.3. The zero-order valence-corrected chi connectivity index (χ0v) is 19.5. The molecule has 0 unspecified atom stereocenters. The summed E-state index contributed by atoms with van der Waals surface area (Å²) in [6.45, 7) is 5.60. The van der Waals surface area contributed by atoms with Crippen LogP contribution in [0, 0.1) is 0 Å². The number of benzene rings is 2. The topological polar surface area (TPSA) is 99.2 Å². The van der Waals surface area contributed by atoms with Gasteiger partial charge in [0, 0.05) is 25.3 Å². The first kappa shape index (κ1) is 24.8. The second kappa shape index (κ2) is 11.8. The van der Waals surface area contributed by atoms with Crippen LogP contribution in [0.1, 0.15) is 31.2 Å². The highest BCUT2D eigenvalue weighted by atomic mass is 32.2. The van der Waals surface area contributed by atoms with Gasteiger partial charge >= 0.3 is 0 Å². The molecule has 0 atom stereocenters. The van der Waals surface area contributed by atoms with E-state index in [1.807, 2.05) is 24.3 Å². The van der Waals surface area contributed by atoms with Gasteiger partial charge < -0.3 is 9.64 Å². The molecule has 1 aliphatic heterocycles. The van der Waals surface area contributed by atoms with Crippen LogP contribution >= 0.6 is 0 Å². The van der Waals surface area contributed by atoms with Crippen molar-refractivity contribution in [3.8, 4) is 5.75 Å². The summed E-state index contributed by atoms with van der Waals surface area (Å²) in [7, 11) is -4.00. The van der Waals surface area contributed by atoms with Crippen LogP contribution < -0.4 is 15.1 Å². The molecule has 1 amide bonds. The van der Waals surface area contributed by atoms with E-state index in [1.54, 1.807) is 18.2 Å². The average molecular weight is 474 g/mol. The molecule has 0 spiro atoms. The third-order valence-corrected chi connectivity index (χ3v) is 7.32. The summed E-state index contributed by atoms with van der Waals surface area (Å²) < 4.78 is 33.1. The van der Waals surface area contributed by atoms with Crippen molar-refractivity contribution in [2.24, 2.45) is 0 Å². The number of ether oxygens (including phenoxy) is 1. The highest BCUT2D eigenvalue weighted by molar-refractivity contribution is 7.89. The number of piperidine rings is 1. The van der Waals surface area contributed by atoms with Gasteiger partial charge in [-0.3, -0.25) is 10.0 Å². The maximum Gasteiger partial charge on any atom is 0.258 e. The normalized spacial score (nSPS) is 14.2. The van der Waals surface area contributed by atoms with Gasteiger partial charge in [0.1, 0.15) is 5.75 Å². The zero-order chi connectivity index (χ0) is 23.7. The predicted molar refractivity (Wildman–Crippen MR) is 127 cm³/mol. The predicted octanol–water partition coefficient (Wildman–Crippen LogP) is 3.33. The molecule has 1 aliphatic rings. The Morgan fingerprint density at radius 2 is 1.76 bits per heavy atom. The van der Waals surface area contributed by atoms with Crippen LogP contribution in [0.4, 0.5) is 5.69 Å². The fourth-order valence-electron chi connectivity index (χ4n) is 3.71. The fourth-order valence-corrected chi connectivity index (χ4v) is 5.09. The summed E-state index contributed by atoms with van der Waals surface area (Å²) in [5.74, 6) is -0.267. The second-order valence-electron chi connectivity index (χ2n) is 7.92. The van der Waals surface area contributed by atoms with Gasteiger partial charge in [-0.2, -0.15) is 4.31 Å². The van der Waals surface area contributed by atoms with E-state index in [4.69, 9.17) is 9.94 Å². The summed E-state index contributed by atoms with van der Waals surface area (Å²) in [4.78, 5) is 14.2. The monoisotopic (exact) mass is 473 g/mol. The molecule has 1 heterocycles. The Morgan fingerprint density at radius 1 is 1.09 bits per heavy atom. The lowest BCUT2D eigenvalue weighted by Crippen LogP contribution is -2.39. The Bertz CT molecular complexity index is 1020. The van der Waals surface area contributed by atoms with Gasteiger partial charge in [-0.25, -0.2) is 13.9 Å². The molecule has 0 radical (unpaired) electrons. The molecule has 8 nitrogen and oxygen atoms in total. The van der Waals surface area contributed by atoms with E-state index < -0.39 is 22.5 Å². The molecule has 178 valence electrons. The molecule has 1 saturated heterocycles. The minimum atomic E-state index is -4.00. The van der Waals surface area contributed by atoms with E-state index in [9.17, 15) is 13.2 Å². The lowest BCUT2D eigenvalue weighted by molar-refractivity contribution is -0.129. The van der Waals surface area contributed by atoms with Gasteiger partial charge in [-0.05, 0) is 67.6 Å². The fraction of sp³-hybridized carbons (Fsp3) is 0.375. The van der Waals surface area contributed by atoms with Gasteiger partial charge in [-0.15, -0.1) is 6.58 Å². The van der Waals surface area contributed by atoms with Gasteiger partial charge in [0.25, 0.3) is 5.91 Å². The lowest BCUT2D eigenvalue weighted by atomic mass is 10.1. The van der Waals surface area contributed by atoms with E-state index in [1.165, 1.54) is 36.9 Å². The third-order valence-electron chi connectivity index (χ3n) is 5.51. The first-order valence-electron chi connectivity index (χ1n) is 11.0. The van der Waals surface area contributed by atoms with Crippen LogP contribution in [0.5, 0.6) is 5.75 Å². The average Bonchev–Trinajstić information content (AvgIpc) is 2.85. The number of hydroxylamine groups is 1. The van der Waals surface area contributed by atoms with Gasteiger partial charge in [0.2, 0.25) is 10.0 Å². The largest absolute Gasteiger partial charge is 0.493 e. The number of carbonyl (C=O) groups excluding carboxylic acids is 1. The Morgan fingerprint density at radius 3 is 2.36 bits per heavy atom. The van der Waals surface area contributed by atoms with Crippen LogP contribution in [0.15, 0.2) is 66.1 Å². The first-order chi connectivity index (χ1) is 15.9. The van der Waals surface area contributed by atoms with Crippen molar-refractivity contribution in [3.63, 3.8) is 0 Å². The van der Waals surface area contributed by atoms with Crippen molar-refractivity contribution in [1.29, 1.82) is 0 Å². The maximum absolute atomic E-state index is 13.3.